The largest absolute Gasteiger partial charge is 0.460 e. The average Bonchev–Trinajstić information content (AvgIpc) is 3.37. The maximum Gasteiger partial charge on any atom is 0.306 e. The Balaban J connectivity index is 1.63. The van der Waals surface area contributed by atoms with Crippen molar-refractivity contribution < 1.29 is 28.9 Å². The SMILES string of the molecule is COC1CC2C=CC3C4CC(=O)OC(C(C)OC)CCCC(O)C(C)C(=O)C4=CC3C2C1. The van der Waals surface area contributed by atoms with Crippen molar-refractivity contribution in [1.82, 2.24) is 0 Å². The van der Waals surface area contributed by atoms with Crippen LogP contribution in [0.5, 0.6) is 0 Å². The van der Waals surface area contributed by atoms with Crippen LogP contribution in [0.1, 0.15) is 52.4 Å². The summed E-state index contributed by atoms with van der Waals surface area (Å²) in [6, 6.07) is 0. The van der Waals surface area contributed by atoms with Crippen LogP contribution in [0.4, 0.5) is 0 Å². The highest BCUT2D eigenvalue weighted by Crippen LogP contribution is 2.53. The zero-order chi connectivity index (χ0) is 23.0. The molecule has 32 heavy (non-hydrogen) atoms. The highest BCUT2D eigenvalue weighted by Gasteiger charge is 2.50. The molecule has 6 heteroatoms. The number of hydrogen-bond donors (Lipinski definition) is 1. The number of cyclic esters (lactones) is 1. The van der Waals surface area contributed by atoms with E-state index in [1.165, 1.54) is 0 Å². The summed E-state index contributed by atoms with van der Waals surface area (Å²) in [7, 11) is 3.38. The Kier molecular flexibility index (Phi) is 7.23. The summed E-state index contributed by atoms with van der Waals surface area (Å²) in [6.07, 6.45) is 9.57. The summed E-state index contributed by atoms with van der Waals surface area (Å²) in [5, 5.41) is 10.7. The van der Waals surface area contributed by atoms with Crippen LogP contribution in [0.2, 0.25) is 0 Å². The molecule has 4 rings (SSSR count). The quantitative estimate of drug-likeness (QED) is 0.528. The van der Waals surface area contributed by atoms with Gasteiger partial charge in [-0.3, -0.25) is 9.59 Å². The van der Waals surface area contributed by atoms with Crippen molar-refractivity contribution in [3.05, 3.63) is 23.8 Å². The highest BCUT2D eigenvalue weighted by molar-refractivity contribution is 5.99. The first kappa shape index (κ1) is 23.7. The van der Waals surface area contributed by atoms with Gasteiger partial charge in [0, 0.05) is 26.1 Å². The first-order valence-electron chi connectivity index (χ1n) is 12.2. The summed E-state index contributed by atoms with van der Waals surface area (Å²) >= 11 is 0. The van der Waals surface area contributed by atoms with Crippen molar-refractivity contribution >= 4 is 11.8 Å². The Morgan fingerprint density at radius 1 is 1.12 bits per heavy atom. The number of ketones is 1. The molecule has 6 nitrogen and oxygen atoms in total. The lowest BCUT2D eigenvalue weighted by Gasteiger charge is -2.34. The van der Waals surface area contributed by atoms with Crippen LogP contribution in [-0.2, 0) is 23.8 Å². The molecule has 10 atom stereocenters. The second-order valence-electron chi connectivity index (χ2n) is 10.2. The molecule has 1 aliphatic heterocycles. The number of aliphatic hydroxyl groups is 1. The van der Waals surface area contributed by atoms with E-state index in [4.69, 9.17) is 14.2 Å². The summed E-state index contributed by atoms with van der Waals surface area (Å²) in [5.74, 6) is 0.257. The van der Waals surface area contributed by atoms with Crippen molar-refractivity contribution in [2.24, 2.45) is 35.5 Å². The number of Topliss-reactive ketones (excluding diaryl/α,β-unsaturated/α-hetero) is 1. The lowest BCUT2D eigenvalue weighted by molar-refractivity contribution is -0.157. The Bertz CT molecular complexity index is 772. The number of rotatable bonds is 3. The maximum absolute atomic E-state index is 13.5. The van der Waals surface area contributed by atoms with E-state index < -0.39 is 12.0 Å². The van der Waals surface area contributed by atoms with E-state index in [1.54, 1.807) is 14.2 Å². The van der Waals surface area contributed by atoms with Crippen molar-refractivity contribution in [1.29, 1.82) is 0 Å². The smallest absolute Gasteiger partial charge is 0.306 e. The molecule has 1 heterocycles. The van der Waals surface area contributed by atoms with Crippen LogP contribution >= 0.6 is 0 Å². The third kappa shape index (κ3) is 4.46. The second kappa shape index (κ2) is 9.78. The van der Waals surface area contributed by atoms with Crippen LogP contribution in [0, 0.1) is 35.5 Å². The van der Waals surface area contributed by atoms with E-state index in [0.29, 0.717) is 36.7 Å². The monoisotopic (exact) mass is 446 g/mol. The summed E-state index contributed by atoms with van der Waals surface area (Å²) in [4.78, 5) is 26.5. The lowest BCUT2D eigenvalue weighted by atomic mass is 9.70. The molecule has 0 aromatic heterocycles. The first-order chi connectivity index (χ1) is 15.3. The maximum atomic E-state index is 13.5. The number of fused-ring (bicyclic) bond motifs is 5. The molecule has 0 bridgehead atoms. The number of allylic oxidation sites excluding steroid dienone is 4. The molecule has 1 saturated heterocycles. The van der Waals surface area contributed by atoms with Gasteiger partial charge in [-0.15, -0.1) is 0 Å². The Hall–Kier alpha value is -1.50. The van der Waals surface area contributed by atoms with E-state index in [2.05, 4.69) is 18.2 Å². The normalized spacial score (nSPS) is 43.3. The van der Waals surface area contributed by atoms with Gasteiger partial charge < -0.3 is 19.3 Å². The second-order valence-corrected chi connectivity index (χ2v) is 10.2. The molecule has 178 valence electrons. The van der Waals surface area contributed by atoms with Gasteiger partial charge in [0.15, 0.2) is 5.78 Å². The predicted molar refractivity (Wildman–Crippen MR) is 120 cm³/mol. The zero-order valence-corrected chi connectivity index (χ0v) is 19.7. The zero-order valence-electron chi connectivity index (χ0n) is 19.7. The van der Waals surface area contributed by atoms with Crippen LogP contribution < -0.4 is 0 Å². The lowest BCUT2D eigenvalue weighted by Crippen LogP contribution is -2.36. The molecule has 0 spiro atoms. The molecule has 10 unspecified atom stereocenters. The minimum Gasteiger partial charge on any atom is -0.460 e. The average molecular weight is 447 g/mol. The summed E-state index contributed by atoms with van der Waals surface area (Å²) < 4.78 is 16.9. The van der Waals surface area contributed by atoms with Crippen molar-refractivity contribution in [2.45, 2.75) is 76.8 Å². The van der Waals surface area contributed by atoms with Gasteiger partial charge in [0.25, 0.3) is 0 Å². The van der Waals surface area contributed by atoms with Gasteiger partial charge in [0.2, 0.25) is 0 Å². The van der Waals surface area contributed by atoms with Crippen LogP contribution in [0.3, 0.4) is 0 Å². The topological polar surface area (TPSA) is 82.1 Å². The standard InChI is InChI=1S/C26H38O6/c1-14-23(27)6-5-7-24(15(2)30-3)32-25(28)13-21-18-9-8-16-10-17(31-4)11-19(16)20(18)12-22(21)26(14)29/h8-9,12,14-21,23-24,27H,5-7,10-11,13H2,1-4H3. The molecule has 0 aromatic rings. The number of ether oxygens (including phenoxy) is 3. The summed E-state index contributed by atoms with van der Waals surface area (Å²) in [5.41, 5.74) is 0.714. The van der Waals surface area contributed by atoms with E-state index in [0.717, 1.165) is 12.8 Å². The number of carbonyl (C=O) groups is 2. The van der Waals surface area contributed by atoms with Gasteiger partial charge in [0.1, 0.15) is 6.10 Å². The molecule has 1 saturated carbocycles. The molecule has 4 aliphatic rings. The molecule has 2 fully saturated rings. The Labute approximate surface area is 191 Å². The van der Waals surface area contributed by atoms with Crippen molar-refractivity contribution in [3.63, 3.8) is 0 Å². The molecular formula is C26H38O6. The van der Waals surface area contributed by atoms with Crippen LogP contribution in [0.15, 0.2) is 23.8 Å². The van der Waals surface area contributed by atoms with Gasteiger partial charge in [-0.1, -0.05) is 25.2 Å². The van der Waals surface area contributed by atoms with Gasteiger partial charge in [0.05, 0.1) is 24.7 Å². The van der Waals surface area contributed by atoms with Crippen LogP contribution in [0.25, 0.3) is 0 Å². The number of esters is 1. The fraction of sp³-hybridized carbons (Fsp3) is 0.769. The molecule has 0 aromatic carbocycles. The predicted octanol–water partition coefficient (Wildman–Crippen LogP) is 3.47. The fourth-order valence-corrected chi connectivity index (χ4v) is 6.43. The van der Waals surface area contributed by atoms with E-state index >= 15 is 0 Å². The molecule has 3 aliphatic carbocycles. The van der Waals surface area contributed by atoms with Gasteiger partial charge >= 0.3 is 5.97 Å². The molecule has 0 amide bonds. The Morgan fingerprint density at radius 3 is 2.62 bits per heavy atom. The van der Waals surface area contributed by atoms with Crippen LogP contribution in [-0.4, -0.2) is 55.5 Å². The van der Waals surface area contributed by atoms with Crippen molar-refractivity contribution in [2.75, 3.05) is 14.2 Å². The summed E-state index contributed by atoms with van der Waals surface area (Å²) in [6.45, 7) is 3.72. The number of aliphatic hydroxyl groups excluding tert-OH is 1. The third-order valence-corrected chi connectivity index (χ3v) is 8.54. The van der Waals surface area contributed by atoms with Gasteiger partial charge in [-0.2, -0.15) is 0 Å². The first-order valence-corrected chi connectivity index (χ1v) is 12.2. The van der Waals surface area contributed by atoms with E-state index in [1.807, 2.05) is 13.8 Å². The van der Waals surface area contributed by atoms with Gasteiger partial charge in [-0.05, 0) is 68.3 Å². The third-order valence-electron chi connectivity index (χ3n) is 8.54. The van der Waals surface area contributed by atoms with E-state index in [9.17, 15) is 14.7 Å². The number of carbonyl (C=O) groups excluding carboxylic acids is 2. The number of hydrogen-bond acceptors (Lipinski definition) is 6. The molecule has 1 N–H and O–H groups in total. The fourth-order valence-electron chi connectivity index (χ4n) is 6.43. The molecular weight excluding hydrogens is 408 g/mol. The Morgan fingerprint density at radius 2 is 1.91 bits per heavy atom. The highest BCUT2D eigenvalue weighted by atomic mass is 16.6. The van der Waals surface area contributed by atoms with E-state index in [-0.39, 0.29) is 54.2 Å². The van der Waals surface area contributed by atoms with Gasteiger partial charge in [-0.25, -0.2) is 0 Å². The molecule has 0 radical (unpaired) electrons. The van der Waals surface area contributed by atoms with Crippen molar-refractivity contribution in [3.8, 4) is 0 Å². The minimum atomic E-state index is -0.701. The number of methoxy groups -OCH3 is 2. The minimum absolute atomic E-state index is 0.0154.